The van der Waals surface area contributed by atoms with Gasteiger partial charge in [-0.05, 0) is 36.8 Å². The number of aryl methyl sites for hydroxylation is 2. The fourth-order valence-electron chi connectivity index (χ4n) is 1.92. The first-order valence-corrected chi connectivity index (χ1v) is 6.54. The molecule has 0 amide bonds. The molecule has 3 nitrogen and oxygen atoms in total. The third kappa shape index (κ3) is 4.72. The van der Waals surface area contributed by atoms with Gasteiger partial charge in [0.1, 0.15) is 0 Å². The largest absolute Gasteiger partial charge is 0.381 e. The van der Waals surface area contributed by atoms with Gasteiger partial charge in [0.15, 0.2) is 0 Å². The summed E-state index contributed by atoms with van der Waals surface area (Å²) in [5.41, 5.74) is 2.64. The van der Waals surface area contributed by atoms with E-state index >= 15 is 0 Å². The van der Waals surface area contributed by atoms with Crippen LogP contribution in [0.2, 0.25) is 0 Å². The van der Waals surface area contributed by atoms with Crippen molar-refractivity contribution in [2.45, 2.75) is 25.7 Å². The lowest BCUT2D eigenvalue weighted by molar-refractivity contribution is 0.130. The molecule has 0 bridgehead atoms. The first-order chi connectivity index (χ1) is 8.95. The second-order valence-corrected chi connectivity index (χ2v) is 4.41. The van der Waals surface area contributed by atoms with Crippen molar-refractivity contribution in [3.8, 4) is 0 Å². The van der Waals surface area contributed by atoms with Crippen molar-refractivity contribution in [3.05, 3.63) is 53.9 Å². The average Bonchev–Trinajstić information content (AvgIpc) is 2.92. The van der Waals surface area contributed by atoms with E-state index in [1.807, 2.05) is 12.4 Å². The topological polar surface area (TPSA) is 37.9 Å². The molecule has 1 aromatic heterocycles. The maximum absolute atomic E-state index is 5.62. The fourth-order valence-corrected chi connectivity index (χ4v) is 1.92. The Morgan fingerprint density at radius 3 is 2.33 bits per heavy atom. The summed E-state index contributed by atoms with van der Waals surface area (Å²) in [5, 5.41) is 6.74. The number of H-pyrrole nitrogens is 1. The van der Waals surface area contributed by atoms with E-state index in [9.17, 15) is 0 Å². The molecule has 96 valence electrons. The number of nitrogens with zero attached hydrogens (tertiary/aromatic N) is 1. The molecule has 0 saturated carbocycles. The average molecular weight is 244 g/mol. The van der Waals surface area contributed by atoms with Gasteiger partial charge in [-0.2, -0.15) is 5.10 Å². The molecule has 0 fully saturated rings. The first kappa shape index (κ1) is 12.8. The van der Waals surface area contributed by atoms with E-state index < -0.39 is 0 Å². The lowest BCUT2D eigenvalue weighted by Crippen LogP contribution is -2.00. The Morgan fingerprint density at radius 1 is 0.944 bits per heavy atom. The quantitative estimate of drug-likeness (QED) is 0.725. The molecule has 0 saturated heterocycles. The molecule has 0 unspecified atom stereocenters. The summed E-state index contributed by atoms with van der Waals surface area (Å²) in [6.07, 6.45) is 8.10. The van der Waals surface area contributed by atoms with Crippen LogP contribution in [-0.4, -0.2) is 23.4 Å². The van der Waals surface area contributed by atoms with Crippen LogP contribution < -0.4 is 0 Å². The summed E-state index contributed by atoms with van der Waals surface area (Å²) in [7, 11) is 0. The van der Waals surface area contributed by atoms with Crippen LogP contribution in [0.15, 0.2) is 42.7 Å². The maximum Gasteiger partial charge on any atom is 0.0519 e. The highest BCUT2D eigenvalue weighted by Crippen LogP contribution is 2.03. The van der Waals surface area contributed by atoms with Gasteiger partial charge in [-0.25, -0.2) is 0 Å². The monoisotopic (exact) mass is 244 g/mol. The molecule has 0 radical (unpaired) electrons. The molecule has 2 rings (SSSR count). The van der Waals surface area contributed by atoms with Crippen molar-refractivity contribution in [2.75, 3.05) is 13.2 Å². The normalized spacial score (nSPS) is 10.7. The zero-order valence-electron chi connectivity index (χ0n) is 10.6. The van der Waals surface area contributed by atoms with Crippen molar-refractivity contribution in [1.29, 1.82) is 0 Å². The predicted octanol–water partition coefficient (Wildman–Crippen LogP) is 2.99. The van der Waals surface area contributed by atoms with Gasteiger partial charge in [0.05, 0.1) is 6.20 Å². The van der Waals surface area contributed by atoms with Crippen LogP contribution in [0.25, 0.3) is 0 Å². The molecule has 1 heterocycles. The van der Waals surface area contributed by atoms with Crippen molar-refractivity contribution in [2.24, 2.45) is 0 Å². The predicted molar refractivity (Wildman–Crippen MR) is 72.5 cm³/mol. The Bertz CT molecular complexity index is 411. The number of ether oxygens (including phenoxy) is 1. The van der Waals surface area contributed by atoms with Crippen LogP contribution in [0.3, 0.4) is 0 Å². The Hall–Kier alpha value is -1.61. The Kier molecular flexibility index (Phi) is 5.47. The summed E-state index contributed by atoms with van der Waals surface area (Å²) in [6, 6.07) is 10.6. The molecule has 2 aromatic rings. The van der Waals surface area contributed by atoms with E-state index in [1.54, 1.807) is 0 Å². The number of aromatic amines is 1. The fraction of sp³-hybridized carbons (Fsp3) is 0.400. The van der Waals surface area contributed by atoms with Crippen LogP contribution in [0, 0.1) is 0 Å². The van der Waals surface area contributed by atoms with E-state index in [2.05, 4.69) is 40.5 Å². The molecule has 0 atom stereocenters. The van der Waals surface area contributed by atoms with Gasteiger partial charge in [0.2, 0.25) is 0 Å². The maximum atomic E-state index is 5.62. The number of benzene rings is 1. The summed E-state index contributed by atoms with van der Waals surface area (Å²) in [4.78, 5) is 0. The molecular formula is C15H20N2O. The number of rotatable bonds is 8. The third-order valence-electron chi connectivity index (χ3n) is 2.91. The van der Waals surface area contributed by atoms with Crippen LogP contribution in [0.1, 0.15) is 24.0 Å². The van der Waals surface area contributed by atoms with Gasteiger partial charge in [-0.3, -0.25) is 5.10 Å². The van der Waals surface area contributed by atoms with Crippen molar-refractivity contribution >= 4 is 0 Å². The van der Waals surface area contributed by atoms with Gasteiger partial charge in [0, 0.05) is 19.4 Å². The Labute approximate surface area is 108 Å². The molecule has 1 aromatic carbocycles. The van der Waals surface area contributed by atoms with Crippen LogP contribution in [0.4, 0.5) is 0 Å². The third-order valence-corrected chi connectivity index (χ3v) is 2.91. The van der Waals surface area contributed by atoms with Crippen LogP contribution >= 0.6 is 0 Å². The molecule has 18 heavy (non-hydrogen) atoms. The highest BCUT2D eigenvalue weighted by molar-refractivity contribution is 5.14. The standard InChI is InChI=1S/C15H20N2O/c1-2-6-14(7-3-1)8-4-10-18-11-5-9-15-12-16-17-13-15/h1-3,6-7,12-13H,4-5,8-11H2,(H,16,17). The highest BCUT2D eigenvalue weighted by atomic mass is 16.5. The minimum absolute atomic E-state index is 0.833. The lowest BCUT2D eigenvalue weighted by Gasteiger charge is -2.04. The summed E-state index contributed by atoms with van der Waals surface area (Å²) < 4.78 is 5.62. The number of aromatic nitrogens is 2. The molecular weight excluding hydrogens is 224 g/mol. The number of nitrogens with one attached hydrogen (secondary N) is 1. The van der Waals surface area contributed by atoms with Crippen LogP contribution in [0.5, 0.6) is 0 Å². The van der Waals surface area contributed by atoms with E-state index in [0.717, 1.165) is 38.9 Å². The molecule has 0 aliphatic heterocycles. The van der Waals surface area contributed by atoms with Gasteiger partial charge >= 0.3 is 0 Å². The highest BCUT2D eigenvalue weighted by Gasteiger charge is 1.95. The second kappa shape index (κ2) is 7.67. The van der Waals surface area contributed by atoms with Crippen LogP contribution in [-0.2, 0) is 17.6 Å². The van der Waals surface area contributed by atoms with Crippen molar-refractivity contribution in [3.63, 3.8) is 0 Å². The summed E-state index contributed by atoms with van der Waals surface area (Å²) >= 11 is 0. The van der Waals surface area contributed by atoms with Gasteiger partial charge < -0.3 is 4.74 Å². The molecule has 0 aliphatic carbocycles. The molecule has 0 aliphatic rings. The smallest absolute Gasteiger partial charge is 0.0519 e. The minimum Gasteiger partial charge on any atom is -0.381 e. The van der Waals surface area contributed by atoms with E-state index in [-0.39, 0.29) is 0 Å². The first-order valence-electron chi connectivity index (χ1n) is 6.54. The van der Waals surface area contributed by atoms with Gasteiger partial charge in [-0.1, -0.05) is 30.3 Å². The second-order valence-electron chi connectivity index (χ2n) is 4.41. The molecule has 1 N–H and O–H groups in total. The zero-order valence-corrected chi connectivity index (χ0v) is 10.6. The summed E-state index contributed by atoms with van der Waals surface area (Å²) in [5.74, 6) is 0. The van der Waals surface area contributed by atoms with E-state index in [0.29, 0.717) is 0 Å². The SMILES string of the molecule is c1ccc(CCCOCCCc2cn[nH]c2)cc1. The summed E-state index contributed by atoms with van der Waals surface area (Å²) in [6.45, 7) is 1.68. The van der Waals surface area contributed by atoms with Gasteiger partial charge in [-0.15, -0.1) is 0 Å². The number of hydrogen-bond donors (Lipinski definition) is 1. The lowest BCUT2D eigenvalue weighted by atomic mass is 10.1. The molecule has 0 spiro atoms. The van der Waals surface area contributed by atoms with Gasteiger partial charge in [0.25, 0.3) is 0 Å². The Morgan fingerprint density at radius 2 is 1.67 bits per heavy atom. The number of hydrogen-bond acceptors (Lipinski definition) is 2. The van der Waals surface area contributed by atoms with Crippen molar-refractivity contribution in [1.82, 2.24) is 10.2 Å². The van der Waals surface area contributed by atoms with Crippen molar-refractivity contribution < 1.29 is 4.74 Å². The van der Waals surface area contributed by atoms with E-state index in [1.165, 1.54) is 11.1 Å². The van der Waals surface area contributed by atoms with E-state index in [4.69, 9.17) is 4.74 Å². The zero-order chi connectivity index (χ0) is 12.5. The Balaban J connectivity index is 1.47. The molecule has 3 heteroatoms. The minimum atomic E-state index is 0.833.